The van der Waals surface area contributed by atoms with Crippen LogP contribution in [0, 0.1) is 0 Å². The number of amides is 1. The maximum absolute atomic E-state index is 12.6. The first-order valence-electron chi connectivity index (χ1n) is 8.33. The molecule has 5 nitrogen and oxygen atoms in total. The molecule has 0 unspecified atom stereocenters. The zero-order valence-corrected chi connectivity index (χ0v) is 15.2. The van der Waals surface area contributed by atoms with E-state index in [1.807, 2.05) is 6.07 Å². The fourth-order valence-electron chi connectivity index (χ4n) is 2.93. The van der Waals surface area contributed by atoms with E-state index >= 15 is 0 Å². The first-order chi connectivity index (χ1) is 11.4. The van der Waals surface area contributed by atoms with Crippen LogP contribution in [0.5, 0.6) is 0 Å². The summed E-state index contributed by atoms with van der Waals surface area (Å²) in [5.74, 6) is -0.287. The van der Waals surface area contributed by atoms with E-state index in [2.05, 4.69) is 11.4 Å². The van der Waals surface area contributed by atoms with Crippen molar-refractivity contribution in [1.29, 1.82) is 0 Å². The van der Waals surface area contributed by atoms with Crippen LogP contribution in [0.3, 0.4) is 0 Å². The predicted octanol–water partition coefficient (Wildman–Crippen LogP) is 2.63. The first-order valence-corrected chi connectivity index (χ1v) is 10.2. The number of allylic oxidation sites excluding steroid dienone is 1. The molecule has 24 heavy (non-hydrogen) atoms. The molecule has 0 bridgehead atoms. The van der Waals surface area contributed by atoms with E-state index in [1.54, 1.807) is 24.3 Å². The molecule has 1 amide bonds. The van der Waals surface area contributed by atoms with Crippen molar-refractivity contribution in [3.05, 3.63) is 47.5 Å². The van der Waals surface area contributed by atoms with Gasteiger partial charge in [0, 0.05) is 13.6 Å². The molecule has 1 aliphatic rings. The van der Waals surface area contributed by atoms with Gasteiger partial charge in [-0.15, -0.1) is 0 Å². The van der Waals surface area contributed by atoms with Gasteiger partial charge in [0.2, 0.25) is 15.9 Å². The number of carbonyl (C=O) groups excluding carboxylic acids is 1. The minimum atomic E-state index is -3.48. The number of benzene rings is 1. The Labute approximate surface area is 144 Å². The van der Waals surface area contributed by atoms with E-state index in [9.17, 15) is 13.2 Å². The van der Waals surface area contributed by atoms with E-state index < -0.39 is 16.1 Å². The predicted molar refractivity (Wildman–Crippen MR) is 96.0 cm³/mol. The third-order valence-corrected chi connectivity index (χ3v) is 5.64. The van der Waals surface area contributed by atoms with Crippen LogP contribution < -0.4 is 5.32 Å². The number of rotatable bonds is 7. The van der Waals surface area contributed by atoms with Gasteiger partial charge in [-0.1, -0.05) is 42.0 Å². The Kier molecular flexibility index (Phi) is 6.57. The van der Waals surface area contributed by atoms with Gasteiger partial charge in [-0.05, 0) is 37.7 Å². The van der Waals surface area contributed by atoms with Crippen molar-refractivity contribution in [2.75, 3.05) is 19.8 Å². The SMILES string of the molecule is CN([C@H](C(=O)NCCC1=CCCCC1)c1ccccc1)S(C)(=O)=O. The minimum absolute atomic E-state index is 0.287. The molecule has 1 aromatic carbocycles. The lowest BCUT2D eigenvalue weighted by atomic mass is 9.97. The van der Waals surface area contributed by atoms with Gasteiger partial charge in [0.05, 0.1) is 6.26 Å². The molecule has 0 aromatic heterocycles. The van der Waals surface area contributed by atoms with Gasteiger partial charge in [0.1, 0.15) is 6.04 Å². The van der Waals surface area contributed by atoms with Crippen molar-refractivity contribution in [2.24, 2.45) is 0 Å². The topological polar surface area (TPSA) is 66.5 Å². The maximum atomic E-state index is 12.6. The number of likely N-dealkylation sites (N-methyl/N-ethyl adjacent to an activating group) is 1. The van der Waals surface area contributed by atoms with Gasteiger partial charge in [-0.25, -0.2) is 8.42 Å². The molecular weight excluding hydrogens is 324 g/mol. The van der Waals surface area contributed by atoms with Gasteiger partial charge in [0.15, 0.2) is 0 Å². The fraction of sp³-hybridized carbons (Fsp3) is 0.500. The van der Waals surface area contributed by atoms with Crippen molar-refractivity contribution in [1.82, 2.24) is 9.62 Å². The second-order valence-electron chi connectivity index (χ2n) is 6.24. The summed E-state index contributed by atoms with van der Waals surface area (Å²) < 4.78 is 24.9. The lowest BCUT2D eigenvalue weighted by Crippen LogP contribution is -2.41. The number of nitrogens with zero attached hydrogens (tertiary/aromatic N) is 1. The minimum Gasteiger partial charge on any atom is -0.354 e. The highest BCUT2D eigenvalue weighted by Crippen LogP contribution is 2.23. The molecule has 2 rings (SSSR count). The molecule has 1 atom stereocenters. The average molecular weight is 350 g/mol. The quantitative estimate of drug-likeness (QED) is 0.769. The molecule has 1 aromatic rings. The monoisotopic (exact) mass is 350 g/mol. The fourth-order valence-corrected chi connectivity index (χ4v) is 3.53. The Morgan fingerprint density at radius 1 is 1.25 bits per heavy atom. The molecule has 0 aliphatic heterocycles. The molecule has 132 valence electrons. The van der Waals surface area contributed by atoms with E-state index in [0.29, 0.717) is 12.1 Å². The zero-order valence-electron chi connectivity index (χ0n) is 14.4. The lowest BCUT2D eigenvalue weighted by Gasteiger charge is -2.25. The van der Waals surface area contributed by atoms with Crippen molar-refractivity contribution < 1.29 is 13.2 Å². The summed E-state index contributed by atoms with van der Waals surface area (Å²) in [4.78, 5) is 12.6. The zero-order chi connectivity index (χ0) is 17.6. The summed E-state index contributed by atoms with van der Waals surface area (Å²) in [5.41, 5.74) is 2.05. The van der Waals surface area contributed by atoms with Crippen LogP contribution in [0.1, 0.15) is 43.7 Å². The molecular formula is C18H26N2O3S. The number of nitrogens with one attached hydrogen (secondary N) is 1. The third kappa shape index (κ3) is 5.18. The number of sulfonamides is 1. The summed E-state index contributed by atoms with van der Waals surface area (Å²) in [6, 6.07) is 8.15. The smallest absolute Gasteiger partial charge is 0.243 e. The van der Waals surface area contributed by atoms with Crippen molar-refractivity contribution >= 4 is 15.9 Å². The summed E-state index contributed by atoms with van der Waals surface area (Å²) in [7, 11) is -2.04. The van der Waals surface area contributed by atoms with Crippen LogP contribution in [0.2, 0.25) is 0 Å². The Morgan fingerprint density at radius 2 is 1.96 bits per heavy atom. The molecule has 0 saturated heterocycles. The number of hydrogen-bond donors (Lipinski definition) is 1. The van der Waals surface area contributed by atoms with E-state index in [0.717, 1.165) is 29.8 Å². The summed E-state index contributed by atoms with van der Waals surface area (Å²) in [5, 5.41) is 2.90. The van der Waals surface area contributed by atoms with Crippen LogP contribution >= 0.6 is 0 Å². The highest BCUT2D eigenvalue weighted by Gasteiger charge is 2.30. The van der Waals surface area contributed by atoms with Crippen LogP contribution in [-0.2, 0) is 14.8 Å². The van der Waals surface area contributed by atoms with Gasteiger partial charge >= 0.3 is 0 Å². The standard InChI is InChI=1S/C18H26N2O3S/c1-20(24(2,22)23)17(16-11-7-4-8-12-16)18(21)19-14-13-15-9-5-3-6-10-15/h4,7-9,11-12,17H,3,5-6,10,13-14H2,1-2H3,(H,19,21)/t17-/m0/s1. The number of carbonyl (C=O) groups is 1. The Hall–Kier alpha value is -1.66. The van der Waals surface area contributed by atoms with Crippen molar-refractivity contribution in [3.8, 4) is 0 Å². The van der Waals surface area contributed by atoms with Gasteiger partial charge in [-0.3, -0.25) is 4.79 Å². The van der Waals surface area contributed by atoms with Crippen LogP contribution in [0.4, 0.5) is 0 Å². The first kappa shape index (κ1) is 18.7. The van der Waals surface area contributed by atoms with E-state index in [4.69, 9.17) is 0 Å². The van der Waals surface area contributed by atoms with E-state index in [-0.39, 0.29) is 5.91 Å². The Balaban J connectivity index is 2.06. The molecule has 0 radical (unpaired) electrons. The largest absolute Gasteiger partial charge is 0.354 e. The second kappa shape index (κ2) is 8.44. The molecule has 1 aliphatic carbocycles. The Bertz CT molecular complexity index is 683. The van der Waals surface area contributed by atoms with Crippen molar-refractivity contribution in [3.63, 3.8) is 0 Å². The summed E-state index contributed by atoms with van der Waals surface area (Å²) in [6.45, 7) is 0.533. The highest BCUT2D eigenvalue weighted by atomic mass is 32.2. The average Bonchev–Trinajstić information content (AvgIpc) is 2.56. The van der Waals surface area contributed by atoms with Crippen LogP contribution in [-0.4, -0.2) is 38.5 Å². The molecule has 0 spiro atoms. The lowest BCUT2D eigenvalue weighted by molar-refractivity contribution is -0.124. The van der Waals surface area contributed by atoms with Gasteiger partial charge < -0.3 is 5.32 Å². The van der Waals surface area contributed by atoms with Gasteiger partial charge in [-0.2, -0.15) is 4.31 Å². The summed E-state index contributed by atoms with van der Waals surface area (Å²) >= 11 is 0. The van der Waals surface area contributed by atoms with Crippen molar-refractivity contribution in [2.45, 2.75) is 38.1 Å². The molecule has 1 N–H and O–H groups in total. The summed E-state index contributed by atoms with van der Waals surface area (Å²) in [6.07, 6.45) is 8.87. The molecule has 6 heteroatoms. The molecule has 0 saturated carbocycles. The van der Waals surface area contributed by atoms with E-state index in [1.165, 1.54) is 25.5 Å². The van der Waals surface area contributed by atoms with Gasteiger partial charge in [0.25, 0.3) is 0 Å². The third-order valence-electron chi connectivity index (χ3n) is 4.38. The second-order valence-corrected chi connectivity index (χ2v) is 8.28. The molecule has 0 fully saturated rings. The number of hydrogen-bond acceptors (Lipinski definition) is 3. The van der Waals surface area contributed by atoms with Crippen LogP contribution in [0.15, 0.2) is 42.0 Å². The molecule has 0 heterocycles. The maximum Gasteiger partial charge on any atom is 0.243 e. The van der Waals surface area contributed by atoms with Crippen LogP contribution in [0.25, 0.3) is 0 Å². The highest BCUT2D eigenvalue weighted by molar-refractivity contribution is 7.88. The normalized spacial score (nSPS) is 16.5. The Morgan fingerprint density at radius 3 is 2.54 bits per heavy atom.